The summed E-state index contributed by atoms with van der Waals surface area (Å²) < 4.78 is 91.4. The number of carboxylic acid groups (broad SMARTS) is 1. The Balaban J connectivity index is -0.000000305. The minimum Gasteiger partial charge on any atom is -0.475 e. The molecule has 0 amide bonds. The van der Waals surface area contributed by atoms with Gasteiger partial charge < -0.3 is 8.98 Å². The average molecular weight is 398 g/mol. The van der Waals surface area contributed by atoms with Crippen molar-refractivity contribution in [3.63, 3.8) is 0 Å². The van der Waals surface area contributed by atoms with Crippen molar-refractivity contribution in [2.24, 2.45) is 0 Å². The van der Waals surface area contributed by atoms with Crippen molar-refractivity contribution < 1.29 is 48.5 Å². The van der Waals surface area contributed by atoms with Crippen LogP contribution in [-0.4, -0.2) is 52.0 Å². The van der Waals surface area contributed by atoms with Crippen molar-refractivity contribution in [3.05, 3.63) is 0 Å². The lowest BCUT2D eigenvalue weighted by molar-refractivity contribution is -0.192. The predicted molar refractivity (Wildman–Crippen MR) is 72.5 cm³/mol. The Hall–Kier alpha value is -0.473. The van der Waals surface area contributed by atoms with Gasteiger partial charge in [0, 0.05) is 0 Å². The number of hydrogen-bond donors (Lipinski definition) is 1. The van der Waals surface area contributed by atoms with Crippen LogP contribution in [0.4, 0.5) is 26.3 Å². The predicted octanol–water partition coefficient (Wildman–Crippen LogP) is 3.30. The highest BCUT2D eigenvalue weighted by Crippen LogP contribution is 2.27. The second kappa shape index (κ2) is 9.62. The Kier molecular flexibility index (Phi) is 11.6. The Labute approximate surface area is 129 Å². The van der Waals surface area contributed by atoms with Crippen LogP contribution in [0, 0.1) is 0 Å². The Morgan fingerprint density at radius 1 is 1.05 bits per heavy atom. The van der Waals surface area contributed by atoms with Crippen LogP contribution < -0.4 is 0 Å². The highest BCUT2D eigenvalue weighted by atomic mass is 32.2. The second-order valence-electron chi connectivity index (χ2n) is 4.31. The molecular formula is C8H16F6O5S2Si. The van der Waals surface area contributed by atoms with Crippen molar-refractivity contribution in [1.82, 2.24) is 0 Å². The van der Waals surface area contributed by atoms with E-state index in [0.29, 0.717) is 0 Å². The van der Waals surface area contributed by atoms with E-state index in [1.165, 1.54) is 19.6 Å². The summed E-state index contributed by atoms with van der Waals surface area (Å²) in [6, 6.07) is 0. The summed E-state index contributed by atoms with van der Waals surface area (Å²) in [4.78, 5) is 8.90. The van der Waals surface area contributed by atoms with Crippen molar-refractivity contribution in [1.29, 1.82) is 0 Å². The van der Waals surface area contributed by atoms with Gasteiger partial charge in [-0.15, -0.1) is 0 Å². The third kappa shape index (κ3) is 15.9. The zero-order valence-corrected chi connectivity index (χ0v) is 14.8. The molecule has 0 aliphatic heterocycles. The molecule has 0 aromatic carbocycles. The molecule has 0 fully saturated rings. The lowest BCUT2D eigenvalue weighted by Gasteiger charge is -2.17. The SMILES string of the molecule is CSC.C[Si](C)(C)OS(=O)(=O)C(F)(F)F.O=C(O)C(F)(F)F. The van der Waals surface area contributed by atoms with E-state index in [1.807, 2.05) is 12.5 Å². The van der Waals surface area contributed by atoms with E-state index in [0.717, 1.165) is 0 Å². The van der Waals surface area contributed by atoms with Crippen molar-refractivity contribution in [2.45, 2.75) is 31.3 Å². The van der Waals surface area contributed by atoms with E-state index in [9.17, 15) is 34.8 Å². The minimum absolute atomic E-state index is 1.36. The van der Waals surface area contributed by atoms with Crippen molar-refractivity contribution in [2.75, 3.05) is 12.5 Å². The lowest BCUT2D eigenvalue weighted by Crippen LogP contribution is -2.36. The molecule has 0 rings (SSSR count). The number of thioether (sulfide) groups is 1. The third-order valence-electron chi connectivity index (χ3n) is 0.886. The molecule has 5 nitrogen and oxygen atoms in total. The van der Waals surface area contributed by atoms with Gasteiger partial charge >= 0.3 is 27.8 Å². The number of hydrogen-bond acceptors (Lipinski definition) is 5. The quantitative estimate of drug-likeness (QED) is 0.437. The first-order valence-electron chi connectivity index (χ1n) is 5.04. The maximum Gasteiger partial charge on any atom is 0.522 e. The molecule has 0 aromatic heterocycles. The van der Waals surface area contributed by atoms with Gasteiger partial charge in [0.25, 0.3) is 0 Å². The van der Waals surface area contributed by atoms with Gasteiger partial charge in [-0.25, -0.2) is 4.79 Å². The normalized spacial score (nSPS) is 12.5. The van der Waals surface area contributed by atoms with Crippen LogP contribution in [0.1, 0.15) is 0 Å². The van der Waals surface area contributed by atoms with Crippen LogP contribution in [0.2, 0.25) is 19.6 Å². The molecule has 14 heteroatoms. The van der Waals surface area contributed by atoms with Gasteiger partial charge in [0.2, 0.25) is 8.32 Å². The van der Waals surface area contributed by atoms with E-state index < -0.39 is 36.1 Å². The molecule has 0 spiro atoms. The fourth-order valence-electron chi connectivity index (χ4n) is 0.376. The van der Waals surface area contributed by atoms with Gasteiger partial charge in [-0.2, -0.15) is 46.5 Å². The van der Waals surface area contributed by atoms with Gasteiger partial charge in [-0.1, -0.05) is 0 Å². The number of carboxylic acids is 1. The monoisotopic (exact) mass is 398 g/mol. The molecule has 0 aliphatic rings. The van der Waals surface area contributed by atoms with E-state index in [-0.39, 0.29) is 0 Å². The molecule has 22 heavy (non-hydrogen) atoms. The molecule has 0 bridgehead atoms. The first kappa shape index (κ1) is 26.4. The molecule has 0 aromatic rings. The zero-order chi connectivity index (χ0) is 19.0. The van der Waals surface area contributed by atoms with Gasteiger partial charge in [0.05, 0.1) is 0 Å². The number of aliphatic carboxylic acids is 1. The van der Waals surface area contributed by atoms with Gasteiger partial charge in [-0.05, 0) is 32.2 Å². The lowest BCUT2D eigenvalue weighted by atomic mass is 10.7. The number of halogens is 6. The average Bonchev–Trinajstić information content (AvgIpc) is 2.11. The van der Waals surface area contributed by atoms with Gasteiger partial charge in [0.15, 0.2) is 0 Å². The van der Waals surface area contributed by atoms with Crippen LogP contribution in [0.3, 0.4) is 0 Å². The highest BCUT2D eigenvalue weighted by molar-refractivity contribution is 7.97. The topological polar surface area (TPSA) is 80.7 Å². The van der Waals surface area contributed by atoms with E-state index >= 15 is 0 Å². The Bertz CT molecular complexity index is 426. The van der Waals surface area contributed by atoms with Crippen LogP contribution in [0.25, 0.3) is 0 Å². The maximum absolute atomic E-state index is 11.7. The minimum atomic E-state index is -5.39. The standard InChI is InChI=1S/C4H9F3O3SSi.C2HF3O2.C2H6S/c1-12(2,3)10-11(8,9)4(5,6)7;3-2(4,5)1(6)7;1-3-2/h1-3H3;(H,6,7);1-2H3. The summed E-state index contributed by atoms with van der Waals surface area (Å²) in [5.74, 6) is -2.76. The molecule has 0 unspecified atom stereocenters. The fraction of sp³-hybridized carbons (Fsp3) is 0.875. The number of alkyl halides is 6. The van der Waals surface area contributed by atoms with Gasteiger partial charge in [-0.3, -0.25) is 0 Å². The largest absolute Gasteiger partial charge is 0.522 e. The molecule has 0 heterocycles. The van der Waals surface area contributed by atoms with Gasteiger partial charge in [0.1, 0.15) is 0 Å². The summed E-state index contributed by atoms with van der Waals surface area (Å²) in [5, 5.41) is 7.12. The third-order valence-corrected chi connectivity index (χ3v) is 4.33. The first-order chi connectivity index (χ1) is 9.31. The maximum atomic E-state index is 11.7. The summed E-state index contributed by atoms with van der Waals surface area (Å²) in [6.45, 7) is 4.07. The molecule has 0 radical (unpaired) electrons. The second-order valence-corrected chi connectivity index (χ2v) is 11.4. The summed E-state index contributed by atoms with van der Waals surface area (Å²) >= 11 is 1.75. The zero-order valence-electron chi connectivity index (χ0n) is 12.2. The first-order valence-corrected chi connectivity index (χ1v) is 11.5. The Morgan fingerprint density at radius 2 is 1.27 bits per heavy atom. The summed E-state index contributed by atoms with van der Waals surface area (Å²) in [6.07, 6.45) is -1.00. The molecule has 0 saturated heterocycles. The van der Waals surface area contributed by atoms with E-state index in [1.54, 1.807) is 11.8 Å². The number of rotatable bonds is 2. The molecule has 0 atom stereocenters. The Morgan fingerprint density at radius 3 is 1.32 bits per heavy atom. The molecule has 0 saturated carbocycles. The molecular weight excluding hydrogens is 382 g/mol. The van der Waals surface area contributed by atoms with E-state index in [2.05, 4.69) is 3.87 Å². The molecule has 1 N–H and O–H groups in total. The molecule has 136 valence electrons. The highest BCUT2D eigenvalue weighted by Gasteiger charge is 2.49. The van der Waals surface area contributed by atoms with Crippen LogP contribution in [0.15, 0.2) is 0 Å². The fourth-order valence-corrected chi connectivity index (χ4v) is 3.39. The van der Waals surface area contributed by atoms with Crippen molar-refractivity contribution in [3.8, 4) is 0 Å². The van der Waals surface area contributed by atoms with Crippen LogP contribution in [-0.2, 0) is 18.8 Å². The number of carbonyl (C=O) groups is 1. The van der Waals surface area contributed by atoms with Crippen LogP contribution >= 0.6 is 11.8 Å². The molecule has 0 aliphatic carbocycles. The smallest absolute Gasteiger partial charge is 0.475 e. The summed E-state index contributed by atoms with van der Waals surface area (Å²) in [5.41, 5.74) is -5.31. The van der Waals surface area contributed by atoms with E-state index in [4.69, 9.17) is 9.90 Å². The summed E-state index contributed by atoms with van der Waals surface area (Å²) in [7, 11) is -8.10. The van der Waals surface area contributed by atoms with Crippen molar-refractivity contribution >= 4 is 36.2 Å². The van der Waals surface area contributed by atoms with Crippen LogP contribution in [0.5, 0.6) is 0 Å².